The van der Waals surface area contributed by atoms with E-state index in [0.717, 1.165) is 5.56 Å². The molecule has 0 saturated carbocycles. The molecular formula is C12H15N5. The predicted molar refractivity (Wildman–Crippen MR) is 65.7 cm³/mol. The maximum atomic E-state index is 3.97. The van der Waals surface area contributed by atoms with Gasteiger partial charge in [-0.3, -0.25) is 0 Å². The summed E-state index contributed by atoms with van der Waals surface area (Å²) < 4.78 is 0. The van der Waals surface area contributed by atoms with Crippen molar-refractivity contribution in [2.24, 2.45) is 0 Å². The zero-order valence-electron chi connectivity index (χ0n) is 9.63. The van der Waals surface area contributed by atoms with Crippen molar-refractivity contribution in [2.45, 2.75) is 19.3 Å². The second-order valence-electron chi connectivity index (χ2n) is 4.33. The number of H-pyrrole nitrogens is 1. The quantitative estimate of drug-likeness (QED) is 0.854. The first-order chi connectivity index (χ1) is 8.43. The second-order valence-corrected chi connectivity index (χ2v) is 4.33. The smallest absolute Gasteiger partial charge is 0.204 e. The molecular weight excluding hydrogens is 214 g/mol. The fourth-order valence-corrected chi connectivity index (χ4v) is 2.26. The van der Waals surface area contributed by atoms with Crippen LogP contribution in [0.2, 0.25) is 0 Å². The molecule has 2 aromatic rings. The summed E-state index contributed by atoms with van der Waals surface area (Å²) in [4.78, 5) is 2.43. The number of nitrogens with zero attached hydrogens (tertiary/aromatic N) is 4. The number of hydrogen-bond acceptors (Lipinski definition) is 4. The van der Waals surface area contributed by atoms with Crippen molar-refractivity contribution < 1.29 is 0 Å². The highest BCUT2D eigenvalue weighted by atomic mass is 15.5. The fraction of sp³-hybridized carbons (Fsp3) is 0.417. The number of aromatic nitrogens is 4. The van der Waals surface area contributed by atoms with Gasteiger partial charge in [-0.2, -0.15) is 5.21 Å². The molecule has 1 aliphatic rings. The number of tetrazole rings is 1. The molecule has 17 heavy (non-hydrogen) atoms. The van der Waals surface area contributed by atoms with Crippen molar-refractivity contribution in [1.29, 1.82) is 0 Å². The van der Waals surface area contributed by atoms with E-state index in [9.17, 15) is 0 Å². The Morgan fingerprint density at radius 2 is 1.76 bits per heavy atom. The molecule has 0 radical (unpaired) electrons. The summed E-state index contributed by atoms with van der Waals surface area (Å²) in [6.45, 7) is 2.34. The average Bonchev–Trinajstić information content (AvgIpc) is 2.94. The Labute approximate surface area is 99.8 Å². The van der Waals surface area contributed by atoms with Gasteiger partial charge in [0.25, 0.3) is 0 Å². The van der Waals surface area contributed by atoms with Crippen molar-refractivity contribution in [2.75, 3.05) is 18.0 Å². The van der Waals surface area contributed by atoms with Crippen LogP contribution in [0.25, 0.3) is 11.4 Å². The van der Waals surface area contributed by atoms with Gasteiger partial charge in [0, 0.05) is 24.3 Å². The third-order valence-electron chi connectivity index (χ3n) is 3.19. The normalized spacial score (nSPS) is 16.1. The Balaban J connectivity index is 1.80. The van der Waals surface area contributed by atoms with E-state index >= 15 is 0 Å². The van der Waals surface area contributed by atoms with E-state index in [1.165, 1.54) is 38.0 Å². The van der Waals surface area contributed by atoms with E-state index in [-0.39, 0.29) is 0 Å². The highest BCUT2D eigenvalue weighted by molar-refractivity contribution is 5.59. The van der Waals surface area contributed by atoms with Gasteiger partial charge in [0.05, 0.1) is 0 Å². The lowest BCUT2D eigenvalue weighted by Crippen LogP contribution is -2.29. The van der Waals surface area contributed by atoms with Gasteiger partial charge in [-0.05, 0) is 48.7 Å². The van der Waals surface area contributed by atoms with Crippen LogP contribution in [0.4, 0.5) is 5.69 Å². The van der Waals surface area contributed by atoms with Crippen molar-refractivity contribution in [1.82, 2.24) is 20.6 Å². The lowest BCUT2D eigenvalue weighted by Gasteiger charge is -2.28. The van der Waals surface area contributed by atoms with Gasteiger partial charge in [0.1, 0.15) is 0 Å². The molecule has 0 unspecified atom stereocenters. The summed E-state index contributed by atoms with van der Waals surface area (Å²) >= 11 is 0. The largest absolute Gasteiger partial charge is 0.372 e. The lowest BCUT2D eigenvalue weighted by molar-refractivity contribution is 0.578. The molecule has 1 fully saturated rings. The molecule has 0 aliphatic carbocycles. The van der Waals surface area contributed by atoms with Gasteiger partial charge in [-0.25, -0.2) is 0 Å². The standard InChI is InChI=1S/C12H15N5/c1-2-8-17(9-3-1)11-6-4-10(5-7-11)12-13-15-16-14-12/h4-7H,1-3,8-9H2,(H,13,14,15,16). The number of piperidine rings is 1. The molecule has 1 aliphatic heterocycles. The number of benzene rings is 1. The van der Waals surface area contributed by atoms with Crippen LogP contribution in [0.15, 0.2) is 24.3 Å². The first kappa shape index (κ1) is 10.3. The van der Waals surface area contributed by atoms with Crippen LogP contribution in [0, 0.1) is 0 Å². The zero-order chi connectivity index (χ0) is 11.5. The lowest BCUT2D eigenvalue weighted by atomic mass is 10.1. The Kier molecular flexibility index (Phi) is 2.73. The van der Waals surface area contributed by atoms with Gasteiger partial charge in [-0.15, -0.1) is 10.2 Å². The molecule has 0 bridgehead atoms. The van der Waals surface area contributed by atoms with Crippen LogP contribution in [0.1, 0.15) is 19.3 Å². The second kappa shape index (κ2) is 4.53. The number of anilines is 1. The Morgan fingerprint density at radius 1 is 1.00 bits per heavy atom. The van der Waals surface area contributed by atoms with E-state index < -0.39 is 0 Å². The minimum absolute atomic E-state index is 0.648. The van der Waals surface area contributed by atoms with Crippen molar-refractivity contribution in [3.63, 3.8) is 0 Å². The summed E-state index contributed by atoms with van der Waals surface area (Å²) in [5.41, 5.74) is 2.29. The summed E-state index contributed by atoms with van der Waals surface area (Å²) in [7, 11) is 0. The van der Waals surface area contributed by atoms with Crippen LogP contribution in [0.3, 0.4) is 0 Å². The summed E-state index contributed by atoms with van der Waals surface area (Å²) in [5, 5.41) is 14.0. The minimum Gasteiger partial charge on any atom is -0.372 e. The maximum absolute atomic E-state index is 3.97. The van der Waals surface area contributed by atoms with Gasteiger partial charge in [0.2, 0.25) is 5.82 Å². The molecule has 3 rings (SSSR count). The number of aromatic amines is 1. The predicted octanol–water partition coefficient (Wildman–Crippen LogP) is 1.86. The Morgan fingerprint density at radius 3 is 2.41 bits per heavy atom. The highest BCUT2D eigenvalue weighted by Crippen LogP contribution is 2.22. The van der Waals surface area contributed by atoms with E-state index in [1.54, 1.807) is 0 Å². The zero-order valence-corrected chi connectivity index (χ0v) is 9.63. The van der Waals surface area contributed by atoms with E-state index in [1.807, 2.05) is 0 Å². The molecule has 1 aromatic carbocycles. The fourth-order valence-electron chi connectivity index (χ4n) is 2.26. The number of nitrogens with one attached hydrogen (secondary N) is 1. The van der Waals surface area contributed by atoms with Crippen LogP contribution in [0.5, 0.6) is 0 Å². The average molecular weight is 229 g/mol. The van der Waals surface area contributed by atoms with Gasteiger partial charge < -0.3 is 4.90 Å². The molecule has 0 amide bonds. The molecule has 1 saturated heterocycles. The van der Waals surface area contributed by atoms with Crippen LogP contribution < -0.4 is 4.90 Å². The van der Waals surface area contributed by atoms with Gasteiger partial charge in [-0.1, -0.05) is 0 Å². The molecule has 1 aromatic heterocycles. The van der Waals surface area contributed by atoms with Crippen LogP contribution in [-0.4, -0.2) is 33.7 Å². The van der Waals surface area contributed by atoms with Gasteiger partial charge in [0.15, 0.2) is 0 Å². The van der Waals surface area contributed by atoms with Crippen molar-refractivity contribution >= 4 is 5.69 Å². The molecule has 0 spiro atoms. The third-order valence-corrected chi connectivity index (χ3v) is 3.19. The van der Waals surface area contributed by atoms with Crippen LogP contribution >= 0.6 is 0 Å². The summed E-state index contributed by atoms with van der Waals surface area (Å²) in [6.07, 6.45) is 3.95. The molecule has 1 N–H and O–H groups in total. The summed E-state index contributed by atoms with van der Waals surface area (Å²) in [6, 6.07) is 8.37. The van der Waals surface area contributed by atoms with Crippen LogP contribution in [-0.2, 0) is 0 Å². The first-order valence-corrected chi connectivity index (χ1v) is 6.02. The number of rotatable bonds is 2. The Bertz CT molecular complexity index is 456. The Hall–Kier alpha value is -1.91. The monoisotopic (exact) mass is 229 g/mol. The third kappa shape index (κ3) is 2.13. The van der Waals surface area contributed by atoms with Crippen molar-refractivity contribution in [3.8, 4) is 11.4 Å². The SMILES string of the molecule is c1cc(N2CCCCC2)ccc1-c1nn[nH]n1. The molecule has 5 nitrogen and oxygen atoms in total. The molecule has 88 valence electrons. The van der Waals surface area contributed by atoms with E-state index in [2.05, 4.69) is 49.8 Å². The van der Waals surface area contributed by atoms with E-state index in [4.69, 9.17) is 0 Å². The van der Waals surface area contributed by atoms with E-state index in [0.29, 0.717) is 5.82 Å². The highest BCUT2D eigenvalue weighted by Gasteiger charge is 2.11. The van der Waals surface area contributed by atoms with Gasteiger partial charge >= 0.3 is 0 Å². The topological polar surface area (TPSA) is 57.7 Å². The number of hydrogen-bond donors (Lipinski definition) is 1. The molecule has 5 heteroatoms. The molecule has 0 atom stereocenters. The maximum Gasteiger partial charge on any atom is 0.204 e. The minimum atomic E-state index is 0.648. The molecule has 2 heterocycles. The van der Waals surface area contributed by atoms with Crippen molar-refractivity contribution in [3.05, 3.63) is 24.3 Å². The summed E-state index contributed by atoms with van der Waals surface area (Å²) in [5.74, 6) is 0.648. The first-order valence-electron chi connectivity index (χ1n) is 6.02.